The Bertz CT molecular complexity index is 1830. The third-order valence-electron chi connectivity index (χ3n) is 15.1. The number of fused-ring (bicyclic) bond motifs is 2. The summed E-state index contributed by atoms with van der Waals surface area (Å²) in [4.78, 5) is 27.6. The minimum atomic E-state index is -1.84. The Morgan fingerprint density at radius 1 is 0.938 bits per heavy atom. The lowest BCUT2D eigenvalue weighted by Gasteiger charge is -2.48. The van der Waals surface area contributed by atoms with Crippen molar-refractivity contribution >= 4 is 12.4 Å². The van der Waals surface area contributed by atoms with Crippen LogP contribution in [0.4, 0.5) is 0 Å². The summed E-state index contributed by atoms with van der Waals surface area (Å²) in [6, 6.07) is -0.259. The normalized spacial score (nSPS) is 46.5. The highest BCUT2D eigenvalue weighted by molar-refractivity contribution is 5.78. The number of carbonyl (C=O) groups excluding carboxylic acids is 2. The zero-order chi connectivity index (χ0) is 47.0. The van der Waals surface area contributed by atoms with Gasteiger partial charge in [-0.2, -0.15) is 0 Å². The number of amides is 1. The number of esters is 1. The van der Waals surface area contributed by atoms with Gasteiger partial charge in [0.15, 0.2) is 18.4 Å². The summed E-state index contributed by atoms with van der Waals surface area (Å²) in [6.07, 6.45) is 10.3. The number of carbonyl (C=O) groups is 2. The van der Waals surface area contributed by atoms with Crippen molar-refractivity contribution in [2.75, 3.05) is 27.9 Å². The topological polar surface area (TPSA) is 170 Å². The minimum absolute atomic E-state index is 0.0275. The van der Waals surface area contributed by atoms with Gasteiger partial charge in [0.25, 0.3) is 0 Å². The zero-order valence-corrected chi connectivity index (χ0v) is 40.2. The first kappa shape index (κ1) is 50.1. The summed E-state index contributed by atoms with van der Waals surface area (Å²) in [5.41, 5.74) is 0.119. The van der Waals surface area contributed by atoms with Gasteiger partial charge in [0.05, 0.1) is 55.4 Å². The van der Waals surface area contributed by atoms with E-state index < -0.39 is 84.7 Å². The molecule has 7 aliphatic rings. The van der Waals surface area contributed by atoms with Gasteiger partial charge in [-0.15, -0.1) is 0 Å². The second-order valence-electron chi connectivity index (χ2n) is 19.7. The number of aliphatic hydroxyl groups is 2. The molecule has 4 saturated heterocycles. The molecular weight excluding hydrogens is 839 g/mol. The maximum Gasteiger partial charge on any atom is 0.316 e. The molecule has 2 bridgehead atoms. The summed E-state index contributed by atoms with van der Waals surface area (Å²) in [6.45, 7) is 16.2. The van der Waals surface area contributed by atoms with Crippen molar-refractivity contribution < 1.29 is 67.2 Å². The van der Waals surface area contributed by atoms with Gasteiger partial charge < -0.3 is 62.5 Å². The second-order valence-corrected chi connectivity index (χ2v) is 19.7. The van der Waals surface area contributed by atoms with Crippen LogP contribution < -0.4 is 0 Å². The summed E-state index contributed by atoms with van der Waals surface area (Å²) in [5, 5.41) is 23.8. The largest absolute Gasteiger partial charge is 0.462 e. The van der Waals surface area contributed by atoms with Crippen LogP contribution in [0.2, 0.25) is 0 Å². The Morgan fingerprint density at radius 3 is 2.35 bits per heavy atom. The van der Waals surface area contributed by atoms with Crippen LogP contribution in [0, 0.1) is 23.7 Å². The minimum Gasteiger partial charge on any atom is -0.462 e. The molecule has 0 saturated carbocycles. The van der Waals surface area contributed by atoms with Gasteiger partial charge in [-0.05, 0) is 62.8 Å². The van der Waals surface area contributed by atoms with E-state index in [0.29, 0.717) is 36.8 Å². The molecule has 4 fully saturated rings. The smallest absolute Gasteiger partial charge is 0.316 e. The average molecular weight is 914 g/mol. The first-order valence-corrected chi connectivity index (χ1v) is 23.8. The van der Waals surface area contributed by atoms with E-state index in [4.69, 9.17) is 47.4 Å². The molecule has 1 spiro atoms. The molecule has 0 aromatic carbocycles. The standard InChI is InChI=1S/C50H75NO14/c1-12-27(2)45-30(5)18-19-49(65-45)24-36-21-35(64-49)17-16-29(4)44(28(3)14-13-15-34-25-58-47-43(53)31(6)20-37(48(54)61-36)50(34,47)55)62-41-23-39(57-11)46(33(8)60-41)63-40-22-38(56-10)42(32(7)59-40)51(9)26-52/h13-16,18-20,26-28,30,32-33,35-47,53,55H,12,17,21-25H2,1-11H3/b14-13-,29-16-,34-15?/t27-,28-,30-,32-,33-,35+,36-,37-,38-,39-,40-,41-,42-,43+,44-,45+,46-,47+,49+,50+/m0/s1. The van der Waals surface area contributed by atoms with E-state index in [0.717, 1.165) is 18.4 Å². The molecule has 2 N–H and O–H groups in total. The number of likely N-dealkylation sites (N-methyl/N-ethyl adjacent to an activating group) is 1. The van der Waals surface area contributed by atoms with Crippen LogP contribution in [0.1, 0.15) is 93.9 Å². The maximum atomic E-state index is 14.4. The zero-order valence-electron chi connectivity index (χ0n) is 40.2. The SMILES string of the molecule is CC[C@H](C)[C@H]1O[C@]2(C=C[C@@H]1C)C[C@@H]1C[C@@H](C/C=C(/C)[C@@H](O[C@H]3C[C@H](OC)[C@@H](O[C@H]4C[C@H](OC)[C@@H](N(C)C=O)[C@H](C)O4)[C@H](C)O3)[C@@H](C)/C=C\C=C3CO[C@@H]4[C@H](O)C(C)=C[C@@H](C(=O)O1)[C@]34O)O2. The van der Waals surface area contributed by atoms with Crippen LogP contribution in [0.25, 0.3) is 0 Å². The number of hydrogen-bond donors (Lipinski definition) is 2. The third-order valence-corrected chi connectivity index (χ3v) is 15.1. The highest BCUT2D eigenvalue weighted by atomic mass is 16.7. The molecule has 0 aromatic heterocycles. The lowest BCUT2D eigenvalue weighted by Crippen LogP contribution is -2.58. The number of rotatable bonds is 10. The van der Waals surface area contributed by atoms with Gasteiger partial charge in [-0.1, -0.05) is 70.6 Å². The van der Waals surface area contributed by atoms with Crippen LogP contribution >= 0.6 is 0 Å². The molecule has 6 heterocycles. The predicted octanol–water partition coefficient (Wildman–Crippen LogP) is 5.47. The fourth-order valence-electron chi connectivity index (χ4n) is 11.2. The van der Waals surface area contributed by atoms with Crippen LogP contribution in [0.15, 0.2) is 59.3 Å². The second kappa shape index (κ2) is 20.8. The quantitative estimate of drug-likeness (QED) is 0.161. The van der Waals surface area contributed by atoms with Crippen molar-refractivity contribution in [3.8, 4) is 0 Å². The molecule has 65 heavy (non-hydrogen) atoms. The van der Waals surface area contributed by atoms with Crippen molar-refractivity contribution in [1.82, 2.24) is 4.90 Å². The van der Waals surface area contributed by atoms with Gasteiger partial charge in [0.2, 0.25) is 6.41 Å². The fourth-order valence-corrected chi connectivity index (χ4v) is 11.2. The molecule has 1 amide bonds. The number of methoxy groups -OCH3 is 2. The lowest BCUT2D eigenvalue weighted by molar-refractivity contribution is -0.314. The molecule has 20 atom stereocenters. The predicted molar refractivity (Wildman–Crippen MR) is 239 cm³/mol. The Kier molecular flexibility index (Phi) is 16.0. The Morgan fingerprint density at radius 2 is 1.65 bits per heavy atom. The number of ether oxygens (including phenoxy) is 10. The molecule has 0 aromatic rings. The van der Waals surface area contributed by atoms with E-state index in [1.54, 1.807) is 45.2 Å². The molecular formula is C50H75NO14. The summed E-state index contributed by atoms with van der Waals surface area (Å²) in [7, 11) is 5.00. The van der Waals surface area contributed by atoms with Gasteiger partial charge in [0, 0.05) is 58.8 Å². The molecule has 6 aliphatic heterocycles. The highest BCUT2D eigenvalue weighted by Gasteiger charge is 2.60. The molecule has 1 aliphatic carbocycles. The molecule has 15 nitrogen and oxygen atoms in total. The van der Waals surface area contributed by atoms with Crippen molar-refractivity contribution in [3.63, 3.8) is 0 Å². The van der Waals surface area contributed by atoms with Crippen molar-refractivity contribution in [1.29, 1.82) is 0 Å². The van der Waals surface area contributed by atoms with Gasteiger partial charge in [-0.25, -0.2) is 0 Å². The first-order valence-electron chi connectivity index (χ1n) is 23.8. The molecule has 0 unspecified atom stereocenters. The Labute approximate surface area is 385 Å². The fraction of sp³-hybridized carbons (Fsp3) is 0.760. The monoisotopic (exact) mass is 914 g/mol. The van der Waals surface area contributed by atoms with E-state index in [1.165, 1.54) is 0 Å². The van der Waals surface area contributed by atoms with Gasteiger partial charge in [-0.3, -0.25) is 9.59 Å². The van der Waals surface area contributed by atoms with E-state index in [1.807, 2.05) is 39.0 Å². The van der Waals surface area contributed by atoms with E-state index in [9.17, 15) is 19.8 Å². The van der Waals surface area contributed by atoms with Gasteiger partial charge in [0.1, 0.15) is 35.9 Å². The van der Waals surface area contributed by atoms with Crippen LogP contribution in [0.5, 0.6) is 0 Å². The van der Waals surface area contributed by atoms with E-state index in [-0.39, 0.29) is 55.1 Å². The van der Waals surface area contributed by atoms with Crippen molar-refractivity contribution in [2.24, 2.45) is 23.7 Å². The average Bonchev–Trinajstić information content (AvgIpc) is 3.62. The Balaban J connectivity index is 1.17. The Hall–Kier alpha value is -2.80. The van der Waals surface area contributed by atoms with Gasteiger partial charge >= 0.3 is 5.97 Å². The molecule has 15 heteroatoms. The van der Waals surface area contributed by atoms with Crippen LogP contribution in [-0.2, 0) is 57.0 Å². The highest BCUT2D eigenvalue weighted by Crippen LogP contribution is 2.47. The number of allylic oxidation sites excluding steroid dienone is 2. The third kappa shape index (κ3) is 10.3. The van der Waals surface area contributed by atoms with E-state index >= 15 is 0 Å². The summed E-state index contributed by atoms with van der Waals surface area (Å²) >= 11 is 0. The number of aliphatic hydroxyl groups excluding tert-OH is 1. The summed E-state index contributed by atoms with van der Waals surface area (Å²) < 4.78 is 64.5. The number of nitrogens with zero attached hydrogens (tertiary/aromatic N) is 1. The van der Waals surface area contributed by atoms with Crippen molar-refractivity contribution in [2.45, 2.75) is 191 Å². The van der Waals surface area contributed by atoms with Crippen molar-refractivity contribution in [3.05, 3.63) is 59.3 Å². The molecule has 7 rings (SSSR count). The lowest BCUT2D eigenvalue weighted by atomic mass is 9.71. The van der Waals surface area contributed by atoms with Crippen LogP contribution in [0.3, 0.4) is 0 Å². The number of hydrogen-bond acceptors (Lipinski definition) is 14. The molecule has 364 valence electrons. The maximum absolute atomic E-state index is 14.4. The van der Waals surface area contributed by atoms with Crippen LogP contribution in [-0.4, -0.2) is 153 Å². The first-order chi connectivity index (χ1) is 30.9. The molecule has 0 radical (unpaired) electrons. The van der Waals surface area contributed by atoms with E-state index in [2.05, 4.69) is 39.8 Å². The summed E-state index contributed by atoms with van der Waals surface area (Å²) in [5.74, 6) is -2.59.